The maximum Gasteiger partial charge on any atom is 0.257 e. The first kappa shape index (κ1) is 23.7. The highest BCUT2D eigenvalue weighted by Crippen LogP contribution is 2.29. The molecule has 1 aliphatic rings. The van der Waals surface area contributed by atoms with Crippen LogP contribution in [0.1, 0.15) is 30.1 Å². The van der Waals surface area contributed by atoms with Gasteiger partial charge in [0.1, 0.15) is 0 Å². The Hall–Kier alpha value is -1.91. The zero-order valence-corrected chi connectivity index (χ0v) is 20.9. The van der Waals surface area contributed by atoms with Gasteiger partial charge in [0.2, 0.25) is 5.91 Å². The van der Waals surface area contributed by atoms with E-state index in [0.29, 0.717) is 35.8 Å². The topological polar surface area (TPSA) is 64.7 Å². The van der Waals surface area contributed by atoms with E-state index in [9.17, 15) is 9.59 Å². The Balaban J connectivity index is 1.56. The van der Waals surface area contributed by atoms with Gasteiger partial charge in [0.15, 0.2) is 5.11 Å². The molecular weight excluding hydrogens is 547 g/mol. The van der Waals surface area contributed by atoms with Crippen molar-refractivity contribution in [3.63, 3.8) is 0 Å². The van der Waals surface area contributed by atoms with Crippen LogP contribution in [0.15, 0.2) is 42.5 Å². The van der Waals surface area contributed by atoms with Gasteiger partial charge in [-0.05, 0) is 83.7 Å². The van der Waals surface area contributed by atoms with Gasteiger partial charge in [-0.1, -0.05) is 18.5 Å². The summed E-state index contributed by atoms with van der Waals surface area (Å²) in [5, 5.41) is 6.47. The van der Waals surface area contributed by atoms with Crippen molar-refractivity contribution in [2.75, 3.05) is 36.4 Å². The molecule has 2 aromatic carbocycles. The Morgan fingerprint density at radius 2 is 1.77 bits per heavy atom. The fraction of sp³-hybridized carbons (Fsp3) is 0.318. The SMILES string of the molecule is CCCC(=O)N1CCN(c2ccc(NC(=S)NC(=O)c3ccc(I)cc3)cc2Cl)CC1. The Labute approximate surface area is 206 Å². The minimum Gasteiger partial charge on any atom is -0.367 e. The number of rotatable bonds is 5. The van der Waals surface area contributed by atoms with Crippen LogP contribution in [-0.4, -0.2) is 48.0 Å². The number of halogens is 2. The summed E-state index contributed by atoms with van der Waals surface area (Å²) in [5.41, 5.74) is 2.15. The minimum absolute atomic E-state index is 0.204. The number of amides is 2. The molecule has 6 nitrogen and oxygen atoms in total. The van der Waals surface area contributed by atoms with Crippen molar-refractivity contribution in [1.29, 1.82) is 0 Å². The van der Waals surface area contributed by atoms with E-state index in [1.54, 1.807) is 18.2 Å². The first-order valence-electron chi connectivity index (χ1n) is 10.1. The lowest BCUT2D eigenvalue weighted by Crippen LogP contribution is -2.48. The molecule has 164 valence electrons. The van der Waals surface area contributed by atoms with Crippen LogP contribution < -0.4 is 15.5 Å². The highest BCUT2D eigenvalue weighted by molar-refractivity contribution is 14.1. The molecule has 3 rings (SSSR count). The molecule has 9 heteroatoms. The third-order valence-corrected chi connectivity index (χ3v) is 6.20. The van der Waals surface area contributed by atoms with Crippen molar-refractivity contribution in [3.05, 3.63) is 56.6 Å². The lowest BCUT2D eigenvalue weighted by Gasteiger charge is -2.36. The predicted octanol–water partition coefficient (Wildman–Crippen LogP) is 4.52. The summed E-state index contributed by atoms with van der Waals surface area (Å²) >= 11 is 14.0. The van der Waals surface area contributed by atoms with Gasteiger partial charge >= 0.3 is 0 Å². The monoisotopic (exact) mass is 570 g/mol. The van der Waals surface area contributed by atoms with Crippen molar-refractivity contribution >= 4 is 74.7 Å². The highest BCUT2D eigenvalue weighted by atomic mass is 127. The molecule has 0 radical (unpaired) electrons. The molecule has 1 aliphatic heterocycles. The van der Waals surface area contributed by atoms with Crippen LogP contribution in [0, 0.1) is 3.57 Å². The summed E-state index contributed by atoms with van der Waals surface area (Å²) < 4.78 is 1.05. The molecule has 31 heavy (non-hydrogen) atoms. The molecule has 0 atom stereocenters. The fourth-order valence-corrected chi connectivity index (χ4v) is 4.22. The number of benzene rings is 2. The molecule has 0 saturated carbocycles. The van der Waals surface area contributed by atoms with Crippen LogP contribution in [0.3, 0.4) is 0 Å². The Morgan fingerprint density at radius 1 is 1.10 bits per heavy atom. The molecule has 0 aromatic heterocycles. The first-order valence-corrected chi connectivity index (χ1v) is 11.9. The Morgan fingerprint density at radius 3 is 2.39 bits per heavy atom. The van der Waals surface area contributed by atoms with Crippen LogP contribution in [0.5, 0.6) is 0 Å². The maximum absolute atomic E-state index is 12.3. The number of anilines is 2. The second-order valence-electron chi connectivity index (χ2n) is 7.20. The summed E-state index contributed by atoms with van der Waals surface area (Å²) in [6, 6.07) is 12.8. The zero-order chi connectivity index (χ0) is 22.4. The second-order valence-corrected chi connectivity index (χ2v) is 9.26. The number of hydrogen-bond donors (Lipinski definition) is 2. The molecule has 0 bridgehead atoms. The minimum atomic E-state index is -0.271. The molecule has 0 aliphatic carbocycles. The average Bonchev–Trinajstić information content (AvgIpc) is 2.74. The van der Waals surface area contributed by atoms with E-state index < -0.39 is 0 Å². The molecular formula is C22H24ClIN4O2S. The number of nitrogens with zero attached hydrogens (tertiary/aromatic N) is 2. The van der Waals surface area contributed by atoms with E-state index in [1.165, 1.54) is 0 Å². The van der Waals surface area contributed by atoms with Crippen LogP contribution in [-0.2, 0) is 4.79 Å². The zero-order valence-electron chi connectivity index (χ0n) is 17.2. The Bertz CT molecular complexity index is 962. The van der Waals surface area contributed by atoms with E-state index >= 15 is 0 Å². The van der Waals surface area contributed by atoms with E-state index in [-0.39, 0.29) is 16.9 Å². The van der Waals surface area contributed by atoms with Gasteiger partial charge in [0, 0.05) is 47.4 Å². The van der Waals surface area contributed by atoms with Gasteiger partial charge in [0.25, 0.3) is 5.91 Å². The van der Waals surface area contributed by atoms with E-state index in [0.717, 1.165) is 28.8 Å². The van der Waals surface area contributed by atoms with Gasteiger partial charge in [-0.15, -0.1) is 0 Å². The van der Waals surface area contributed by atoms with Crippen molar-refractivity contribution in [1.82, 2.24) is 10.2 Å². The van der Waals surface area contributed by atoms with Crippen LogP contribution in [0.4, 0.5) is 11.4 Å². The summed E-state index contributed by atoms with van der Waals surface area (Å²) in [7, 11) is 0. The second kappa shape index (κ2) is 11.1. The molecule has 1 heterocycles. The number of nitrogens with one attached hydrogen (secondary N) is 2. The lowest BCUT2D eigenvalue weighted by atomic mass is 10.2. The van der Waals surface area contributed by atoms with Crippen molar-refractivity contribution in [2.24, 2.45) is 0 Å². The first-order chi connectivity index (χ1) is 14.9. The molecule has 2 aromatic rings. The van der Waals surface area contributed by atoms with Crippen LogP contribution in [0.25, 0.3) is 0 Å². The normalized spacial score (nSPS) is 13.6. The Kier molecular flexibility index (Phi) is 8.50. The number of hydrogen-bond acceptors (Lipinski definition) is 4. The molecule has 2 N–H and O–H groups in total. The summed E-state index contributed by atoms with van der Waals surface area (Å²) in [4.78, 5) is 28.5. The summed E-state index contributed by atoms with van der Waals surface area (Å²) in [5.74, 6) is -0.0549. The number of thiocarbonyl (C=S) groups is 1. The fourth-order valence-electron chi connectivity index (χ4n) is 3.35. The van der Waals surface area contributed by atoms with Crippen molar-refractivity contribution in [3.8, 4) is 0 Å². The highest BCUT2D eigenvalue weighted by Gasteiger charge is 2.22. The standard InChI is InChI=1S/C22H24ClIN4O2S/c1-2-3-20(29)28-12-10-27(11-13-28)19-9-8-17(14-18(19)23)25-22(31)26-21(30)15-4-6-16(24)7-5-15/h4-9,14H,2-3,10-13H2,1H3,(H2,25,26,30,31). The molecule has 1 fully saturated rings. The van der Waals surface area contributed by atoms with Gasteiger partial charge in [-0.2, -0.15) is 0 Å². The smallest absolute Gasteiger partial charge is 0.257 e. The number of carbonyl (C=O) groups excluding carboxylic acids is 2. The van der Waals surface area contributed by atoms with Gasteiger partial charge in [-0.3, -0.25) is 14.9 Å². The molecule has 0 unspecified atom stereocenters. The predicted molar refractivity (Wildman–Crippen MR) is 138 cm³/mol. The molecule has 2 amide bonds. The van der Waals surface area contributed by atoms with Crippen molar-refractivity contribution < 1.29 is 9.59 Å². The van der Waals surface area contributed by atoms with E-state index in [2.05, 4.69) is 38.1 Å². The third kappa shape index (κ3) is 6.54. The van der Waals surface area contributed by atoms with Gasteiger partial charge in [-0.25, -0.2) is 0 Å². The number of carbonyl (C=O) groups is 2. The van der Waals surface area contributed by atoms with E-state index in [4.69, 9.17) is 23.8 Å². The van der Waals surface area contributed by atoms with Crippen LogP contribution >= 0.6 is 46.4 Å². The summed E-state index contributed by atoms with van der Waals surface area (Å²) in [6.07, 6.45) is 1.47. The quantitative estimate of drug-likeness (QED) is 0.409. The van der Waals surface area contributed by atoms with Crippen molar-refractivity contribution in [2.45, 2.75) is 19.8 Å². The average molecular weight is 571 g/mol. The lowest BCUT2D eigenvalue weighted by molar-refractivity contribution is -0.131. The third-order valence-electron chi connectivity index (χ3n) is 4.98. The van der Waals surface area contributed by atoms with Crippen LogP contribution in [0.2, 0.25) is 5.02 Å². The molecule has 0 spiro atoms. The number of piperazine rings is 1. The summed E-state index contributed by atoms with van der Waals surface area (Å²) in [6.45, 7) is 4.90. The van der Waals surface area contributed by atoms with E-state index in [1.807, 2.05) is 36.1 Å². The van der Waals surface area contributed by atoms with Gasteiger partial charge < -0.3 is 15.1 Å². The molecule has 1 saturated heterocycles. The maximum atomic E-state index is 12.3. The largest absolute Gasteiger partial charge is 0.367 e. The van der Waals surface area contributed by atoms with Gasteiger partial charge in [0.05, 0.1) is 10.7 Å².